The Morgan fingerprint density at radius 1 is 0.931 bits per heavy atom. The molecule has 0 radical (unpaired) electrons. The van der Waals surface area contributed by atoms with Crippen molar-refractivity contribution in [1.29, 1.82) is 0 Å². The minimum absolute atomic E-state index is 0.0550. The van der Waals surface area contributed by atoms with E-state index in [-0.39, 0.29) is 23.6 Å². The molecule has 1 saturated heterocycles. The van der Waals surface area contributed by atoms with E-state index in [0.29, 0.717) is 31.5 Å². The molecule has 0 saturated carbocycles. The summed E-state index contributed by atoms with van der Waals surface area (Å²) < 4.78 is 0. The minimum atomic E-state index is -0.338. The molecule has 0 aliphatic carbocycles. The van der Waals surface area contributed by atoms with Crippen LogP contribution in [0, 0.1) is 12.8 Å². The van der Waals surface area contributed by atoms with E-state index >= 15 is 0 Å². The maximum Gasteiger partial charge on any atom is 0.269 e. The number of carbonyl (C=O) groups is 3. The molecule has 0 bridgehead atoms. The number of hydrogen-bond donors (Lipinski definition) is 2. The fourth-order valence-corrected chi connectivity index (χ4v) is 3.31. The van der Waals surface area contributed by atoms with Gasteiger partial charge in [-0.1, -0.05) is 48.5 Å². The second-order valence-corrected chi connectivity index (χ2v) is 7.10. The van der Waals surface area contributed by atoms with Crippen molar-refractivity contribution in [2.45, 2.75) is 19.8 Å². The first kappa shape index (κ1) is 20.3. The highest BCUT2D eigenvalue weighted by molar-refractivity contribution is 5.97. The number of likely N-dealkylation sites (tertiary alicyclic amines) is 1. The summed E-state index contributed by atoms with van der Waals surface area (Å²) in [5, 5.41) is 0. The number of aryl methyl sites for hydroxylation is 1. The number of carbonyl (C=O) groups excluding carboxylic acids is 3. The van der Waals surface area contributed by atoms with Crippen molar-refractivity contribution in [3.63, 3.8) is 0 Å². The highest BCUT2D eigenvalue weighted by Crippen LogP contribution is 2.18. The molecular weight excluding hydrogens is 366 g/mol. The summed E-state index contributed by atoms with van der Waals surface area (Å²) in [6, 6.07) is 16.8. The van der Waals surface area contributed by atoms with Crippen molar-refractivity contribution < 1.29 is 14.4 Å². The molecule has 0 unspecified atom stereocenters. The van der Waals surface area contributed by atoms with E-state index in [2.05, 4.69) is 10.9 Å². The molecule has 1 aliphatic heterocycles. The number of nitrogens with zero attached hydrogens (tertiary/aromatic N) is 1. The number of nitrogens with one attached hydrogen (secondary N) is 2. The second kappa shape index (κ2) is 9.68. The molecule has 1 aliphatic rings. The second-order valence-electron chi connectivity index (χ2n) is 7.10. The Morgan fingerprint density at radius 2 is 1.59 bits per heavy atom. The van der Waals surface area contributed by atoms with Gasteiger partial charge in [-0.25, -0.2) is 0 Å². The van der Waals surface area contributed by atoms with E-state index in [1.807, 2.05) is 49.4 Å². The molecule has 2 N–H and O–H groups in total. The van der Waals surface area contributed by atoms with Crippen molar-refractivity contribution >= 4 is 23.8 Å². The van der Waals surface area contributed by atoms with Crippen molar-refractivity contribution in [3.05, 3.63) is 77.4 Å². The molecule has 3 rings (SSSR count). The van der Waals surface area contributed by atoms with E-state index in [1.54, 1.807) is 29.2 Å². The van der Waals surface area contributed by atoms with Gasteiger partial charge in [0.05, 0.1) is 0 Å². The van der Waals surface area contributed by atoms with Crippen LogP contribution in [0.2, 0.25) is 0 Å². The van der Waals surface area contributed by atoms with E-state index in [1.165, 1.54) is 0 Å². The lowest BCUT2D eigenvalue weighted by molar-refractivity contribution is -0.132. The van der Waals surface area contributed by atoms with Crippen LogP contribution in [0.5, 0.6) is 0 Å². The van der Waals surface area contributed by atoms with Crippen molar-refractivity contribution in [1.82, 2.24) is 15.8 Å². The van der Waals surface area contributed by atoms with Gasteiger partial charge in [-0.15, -0.1) is 0 Å². The van der Waals surface area contributed by atoms with E-state index in [4.69, 9.17) is 0 Å². The topological polar surface area (TPSA) is 78.5 Å². The molecule has 0 atom stereocenters. The van der Waals surface area contributed by atoms with E-state index in [9.17, 15) is 14.4 Å². The van der Waals surface area contributed by atoms with Crippen LogP contribution < -0.4 is 10.9 Å². The van der Waals surface area contributed by atoms with Gasteiger partial charge < -0.3 is 4.90 Å². The SMILES string of the molecule is Cc1ccccc1C(=O)NNC(=O)C1CCN(C(=O)/C=C/c2ccccc2)CC1. The first-order valence-electron chi connectivity index (χ1n) is 9.72. The van der Waals surface area contributed by atoms with Crippen molar-refractivity contribution in [3.8, 4) is 0 Å². The van der Waals surface area contributed by atoms with Gasteiger partial charge >= 0.3 is 0 Å². The first-order valence-corrected chi connectivity index (χ1v) is 9.72. The Bertz CT molecular complexity index is 901. The van der Waals surface area contributed by atoms with Crippen LogP contribution in [0.4, 0.5) is 0 Å². The van der Waals surface area contributed by atoms with Crippen molar-refractivity contribution in [2.75, 3.05) is 13.1 Å². The molecule has 29 heavy (non-hydrogen) atoms. The number of hydrazine groups is 1. The molecule has 1 fully saturated rings. The van der Waals surface area contributed by atoms with Gasteiger partial charge in [-0.3, -0.25) is 25.2 Å². The summed E-state index contributed by atoms with van der Waals surface area (Å²) in [4.78, 5) is 38.6. The van der Waals surface area contributed by atoms with Crippen molar-refractivity contribution in [2.24, 2.45) is 5.92 Å². The van der Waals surface area contributed by atoms with Crippen LogP contribution in [0.3, 0.4) is 0 Å². The third kappa shape index (κ3) is 5.54. The van der Waals surface area contributed by atoms with Gasteiger partial charge in [-0.05, 0) is 43.0 Å². The van der Waals surface area contributed by atoms with Crippen LogP contribution in [0.25, 0.3) is 6.08 Å². The van der Waals surface area contributed by atoms with E-state index in [0.717, 1.165) is 11.1 Å². The van der Waals surface area contributed by atoms with Gasteiger partial charge in [0.15, 0.2) is 0 Å². The number of benzene rings is 2. The van der Waals surface area contributed by atoms with Crippen LogP contribution in [0.15, 0.2) is 60.7 Å². The maximum atomic E-state index is 12.4. The predicted octanol–water partition coefficient (Wildman–Crippen LogP) is 2.71. The summed E-state index contributed by atoms with van der Waals surface area (Å²) >= 11 is 0. The van der Waals surface area contributed by atoms with Crippen LogP contribution in [0.1, 0.15) is 34.3 Å². The fourth-order valence-electron chi connectivity index (χ4n) is 3.31. The van der Waals surface area contributed by atoms with Gasteiger partial charge in [0, 0.05) is 30.6 Å². The normalized spacial score (nSPS) is 14.6. The number of hydrogen-bond acceptors (Lipinski definition) is 3. The maximum absolute atomic E-state index is 12.4. The quantitative estimate of drug-likeness (QED) is 0.621. The number of piperidine rings is 1. The van der Waals surface area contributed by atoms with Gasteiger partial charge in [-0.2, -0.15) is 0 Å². The van der Waals surface area contributed by atoms with Crippen LogP contribution in [-0.2, 0) is 9.59 Å². The van der Waals surface area contributed by atoms with E-state index < -0.39 is 0 Å². The van der Waals surface area contributed by atoms with Crippen LogP contribution in [-0.4, -0.2) is 35.7 Å². The molecule has 6 heteroatoms. The number of rotatable bonds is 4. The zero-order chi connectivity index (χ0) is 20.6. The first-order chi connectivity index (χ1) is 14.0. The van der Waals surface area contributed by atoms with Gasteiger partial charge in [0.2, 0.25) is 11.8 Å². The summed E-state index contributed by atoms with van der Waals surface area (Å²) in [6.45, 7) is 2.87. The predicted molar refractivity (Wildman–Crippen MR) is 112 cm³/mol. The summed E-state index contributed by atoms with van der Waals surface area (Å²) in [5.41, 5.74) is 7.33. The fraction of sp³-hybridized carbons (Fsp3) is 0.261. The standard InChI is InChI=1S/C23H25N3O3/c1-17-7-5-6-10-20(17)23(29)25-24-22(28)19-13-15-26(16-14-19)21(27)12-11-18-8-3-2-4-9-18/h2-12,19H,13-16H2,1H3,(H,24,28)(H,25,29)/b12-11+. The Labute approximate surface area is 170 Å². The molecule has 2 aromatic carbocycles. The summed E-state index contributed by atoms with van der Waals surface area (Å²) in [5.74, 6) is -0.844. The smallest absolute Gasteiger partial charge is 0.269 e. The molecule has 0 spiro atoms. The van der Waals surface area contributed by atoms with Gasteiger partial charge in [0.25, 0.3) is 5.91 Å². The Balaban J connectivity index is 1.44. The lowest BCUT2D eigenvalue weighted by atomic mass is 9.96. The largest absolute Gasteiger partial charge is 0.339 e. The highest BCUT2D eigenvalue weighted by atomic mass is 16.2. The summed E-state index contributed by atoms with van der Waals surface area (Å²) in [6.07, 6.45) is 4.49. The zero-order valence-corrected chi connectivity index (χ0v) is 16.4. The third-order valence-electron chi connectivity index (χ3n) is 5.08. The monoisotopic (exact) mass is 391 g/mol. The van der Waals surface area contributed by atoms with Crippen LogP contribution >= 0.6 is 0 Å². The molecule has 0 aromatic heterocycles. The molecule has 1 heterocycles. The average Bonchev–Trinajstić information content (AvgIpc) is 2.76. The summed E-state index contributed by atoms with van der Waals surface area (Å²) in [7, 11) is 0. The lowest BCUT2D eigenvalue weighted by Gasteiger charge is -2.30. The Kier molecular flexibility index (Phi) is 6.79. The third-order valence-corrected chi connectivity index (χ3v) is 5.08. The number of amides is 3. The molecule has 3 amide bonds. The molecular formula is C23H25N3O3. The minimum Gasteiger partial charge on any atom is -0.339 e. The molecule has 6 nitrogen and oxygen atoms in total. The molecule has 2 aromatic rings. The highest BCUT2D eigenvalue weighted by Gasteiger charge is 2.26. The Morgan fingerprint density at radius 3 is 2.28 bits per heavy atom. The molecule has 150 valence electrons. The zero-order valence-electron chi connectivity index (χ0n) is 16.4. The average molecular weight is 391 g/mol. The Hall–Kier alpha value is -3.41. The van der Waals surface area contributed by atoms with Gasteiger partial charge in [0.1, 0.15) is 0 Å². The lowest BCUT2D eigenvalue weighted by Crippen LogP contribution is -2.48.